The van der Waals surface area contributed by atoms with Crippen molar-refractivity contribution >= 4 is 37.7 Å². The highest BCUT2D eigenvalue weighted by Gasteiger charge is 2.06. The van der Waals surface area contributed by atoms with Gasteiger partial charge in [-0.2, -0.15) is 0 Å². The van der Waals surface area contributed by atoms with Crippen molar-refractivity contribution < 1.29 is 0 Å². The highest BCUT2D eigenvalue weighted by atomic mass is 79.9. The zero-order valence-corrected chi connectivity index (χ0v) is 12.3. The van der Waals surface area contributed by atoms with Gasteiger partial charge in [-0.1, -0.05) is 58.4 Å². The zero-order valence-electron chi connectivity index (χ0n) is 10.7. The van der Waals surface area contributed by atoms with Crippen LogP contribution >= 0.6 is 15.9 Å². The van der Waals surface area contributed by atoms with E-state index >= 15 is 0 Å². The molecule has 1 heterocycles. The van der Waals surface area contributed by atoms with Crippen molar-refractivity contribution in [3.63, 3.8) is 0 Å². The van der Waals surface area contributed by atoms with Crippen LogP contribution in [-0.4, -0.2) is 4.98 Å². The van der Waals surface area contributed by atoms with E-state index in [-0.39, 0.29) is 0 Å². The predicted octanol–water partition coefficient (Wildman–Crippen LogP) is 5.75. The smallest absolute Gasteiger partial charge is 0.0471 e. The number of hydrogen-bond acceptors (Lipinski definition) is 0. The maximum absolute atomic E-state index is 3.54. The Morgan fingerprint density at radius 1 is 0.650 bits per heavy atom. The van der Waals surface area contributed by atoms with Gasteiger partial charge in [-0.3, -0.25) is 0 Å². The van der Waals surface area contributed by atoms with E-state index in [0.29, 0.717) is 0 Å². The first-order valence-corrected chi connectivity index (χ1v) is 7.37. The summed E-state index contributed by atoms with van der Waals surface area (Å²) >= 11 is 3.54. The largest absolute Gasteiger partial charge is 0.354 e. The van der Waals surface area contributed by atoms with Crippen LogP contribution in [0.1, 0.15) is 0 Å². The first-order valence-electron chi connectivity index (χ1n) is 6.58. The molecule has 0 fully saturated rings. The summed E-state index contributed by atoms with van der Waals surface area (Å²) in [6.07, 6.45) is 0. The first-order chi connectivity index (χ1) is 9.81. The minimum absolute atomic E-state index is 1.11. The third-order valence-electron chi connectivity index (χ3n) is 3.67. The number of fused-ring (bicyclic) bond motifs is 3. The van der Waals surface area contributed by atoms with Crippen molar-refractivity contribution in [2.45, 2.75) is 0 Å². The van der Waals surface area contributed by atoms with Crippen LogP contribution in [0.5, 0.6) is 0 Å². The quantitative estimate of drug-likeness (QED) is 0.459. The van der Waals surface area contributed by atoms with Crippen LogP contribution in [0.4, 0.5) is 0 Å². The first kappa shape index (κ1) is 11.7. The summed E-state index contributed by atoms with van der Waals surface area (Å²) < 4.78 is 1.11. The fourth-order valence-corrected chi connectivity index (χ4v) is 3.05. The van der Waals surface area contributed by atoms with E-state index < -0.39 is 0 Å². The molecular weight excluding hydrogens is 310 g/mol. The number of nitrogens with one attached hydrogen (secondary N) is 1. The van der Waals surface area contributed by atoms with Crippen LogP contribution in [-0.2, 0) is 0 Å². The van der Waals surface area contributed by atoms with Crippen LogP contribution in [0.25, 0.3) is 32.9 Å². The SMILES string of the molecule is Brc1ccc2[nH]c3cc(-c4ccccc4)ccc3c2c1. The number of halogens is 1. The minimum atomic E-state index is 1.11. The van der Waals surface area contributed by atoms with E-state index in [4.69, 9.17) is 0 Å². The van der Waals surface area contributed by atoms with Crippen LogP contribution in [0.15, 0.2) is 71.2 Å². The standard InChI is InChI=1S/C18H12BrN/c19-14-7-9-17-16(11-14)15-8-6-13(10-18(15)20-17)12-4-2-1-3-5-12/h1-11,20H. The molecule has 2 heteroatoms. The third kappa shape index (κ3) is 1.84. The van der Waals surface area contributed by atoms with E-state index in [0.717, 1.165) is 4.47 Å². The number of aromatic amines is 1. The lowest BCUT2D eigenvalue weighted by Crippen LogP contribution is -1.77. The summed E-state index contributed by atoms with van der Waals surface area (Å²) in [5, 5.41) is 2.52. The molecule has 4 aromatic rings. The normalized spacial score (nSPS) is 11.2. The Bertz CT molecular complexity index is 907. The van der Waals surface area contributed by atoms with Crippen molar-refractivity contribution in [2.75, 3.05) is 0 Å². The Morgan fingerprint density at radius 2 is 1.50 bits per heavy atom. The molecule has 0 bridgehead atoms. The monoisotopic (exact) mass is 321 g/mol. The van der Waals surface area contributed by atoms with Crippen LogP contribution in [0.2, 0.25) is 0 Å². The molecule has 0 saturated heterocycles. The van der Waals surface area contributed by atoms with Gasteiger partial charge in [-0.05, 0) is 35.4 Å². The van der Waals surface area contributed by atoms with Crippen molar-refractivity contribution in [1.82, 2.24) is 4.98 Å². The Balaban J connectivity index is 1.98. The molecule has 0 spiro atoms. The molecule has 3 aromatic carbocycles. The fourth-order valence-electron chi connectivity index (χ4n) is 2.69. The lowest BCUT2D eigenvalue weighted by molar-refractivity contribution is 1.54. The number of H-pyrrole nitrogens is 1. The van der Waals surface area contributed by atoms with Gasteiger partial charge in [0.05, 0.1) is 0 Å². The molecule has 0 aliphatic heterocycles. The average molecular weight is 322 g/mol. The van der Waals surface area contributed by atoms with Crippen molar-refractivity contribution in [1.29, 1.82) is 0 Å². The summed E-state index contributed by atoms with van der Waals surface area (Å²) in [7, 11) is 0. The topological polar surface area (TPSA) is 15.8 Å². The van der Waals surface area contributed by atoms with Gasteiger partial charge >= 0.3 is 0 Å². The second kappa shape index (κ2) is 4.50. The molecule has 0 aliphatic carbocycles. The van der Waals surface area contributed by atoms with E-state index in [2.05, 4.69) is 81.6 Å². The molecule has 1 N–H and O–H groups in total. The molecule has 1 nitrogen and oxygen atoms in total. The molecule has 4 rings (SSSR count). The highest BCUT2D eigenvalue weighted by molar-refractivity contribution is 9.10. The van der Waals surface area contributed by atoms with Crippen molar-refractivity contribution in [3.8, 4) is 11.1 Å². The zero-order chi connectivity index (χ0) is 13.5. The summed E-state index contributed by atoms with van der Waals surface area (Å²) in [5.41, 5.74) is 4.84. The molecule has 0 radical (unpaired) electrons. The van der Waals surface area contributed by atoms with Gasteiger partial charge in [-0.15, -0.1) is 0 Å². The molecule has 0 aliphatic rings. The van der Waals surface area contributed by atoms with Gasteiger partial charge in [-0.25, -0.2) is 0 Å². The Hall–Kier alpha value is -2.06. The van der Waals surface area contributed by atoms with E-state index in [1.165, 1.54) is 32.9 Å². The van der Waals surface area contributed by atoms with Gasteiger partial charge in [0.15, 0.2) is 0 Å². The second-order valence-corrected chi connectivity index (χ2v) is 5.86. The van der Waals surface area contributed by atoms with Crippen LogP contribution < -0.4 is 0 Å². The second-order valence-electron chi connectivity index (χ2n) is 4.94. The fraction of sp³-hybridized carbons (Fsp3) is 0. The number of rotatable bonds is 1. The maximum Gasteiger partial charge on any atom is 0.0471 e. The van der Waals surface area contributed by atoms with Gasteiger partial charge in [0.1, 0.15) is 0 Å². The number of aromatic nitrogens is 1. The molecule has 96 valence electrons. The maximum atomic E-state index is 3.54. The Morgan fingerprint density at radius 3 is 2.35 bits per heavy atom. The Kier molecular flexibility index (Phi) is 2.64. The third-order valence-corrected chi connectivity index (χ3v) is 4.16. The summed E-state index contributed by atoms with van der Waals surface area (Å²) in [4.78, 5) is 3.49. The van der Waals surface area contributed by atoms with Gasteiger partial charge in [0.25, 0.3) is 0 Å². The average Bonchev–Trinajstić information content (AvgIpc) is 2.85. The molecule has 0 atom stereocenters. The van der Waals surface area contributed by atoms with E-state index in [1.807, 2.05) is 6.07 Å². The molecular formula is C18H12BrN. The molecule has 0 amide bonds. The van der Waals surface area contributed by atoms with Gasteiger partial charge in [0.2, 0.25) is 0 Å². The van der Waals surface area contributed by atoms with Crippen LogP contribution in [0.3, 0.4) is 0 Å². The summed E-state index contributed by atoms with van der Waals surface area (Å²) in [5.74, 6) is 0. The lowest BCUT2D eigenvalue weighted by Gasteiger charge is -2.01. The molecule has 20 heavy (non-hydrogen) atoms. The summed E-state index contributed by atoms with van der Waals surface area (Å²) in [6.45, 7) is 0. The van der Waals surface area contributed by atoms with E-state index in [1.54, 1.807) is 0 Å². The predicted molar refractivity (Wildman–Crippen MR) is 88.9 cm³/mol. The lowest BCUT2D eigenvalue weighted by atomic mass is 10.0. The van der Waals surface area contributed by atoms with Gasteiger partial charge < -0.3 is 4.98 Å². The highest BCUT2D eigenvalue weighted by Crippen LogP contribution is 2.31. The van der Waals surface area contributed by atoms with Crippen molar-refractivity contribution in [2.24, 2.45) is 0 Å². The summed E-state index contributed by atoms with van der Waals surface area (Å²) in [6, 6.07) is 23.4. The number of benzene rings is 3. The minimum Gasteiger partial charge on any atom is -0.354 e. The van der Waals surface area contributed by atoms with Gasteiger partial charge in [0, 0.05) is 26.3 Å². The van der Waals surface area contributed by atoms with Crippen molar-refractivity contribution in [3.05, 3.63) is 71.2 Å². The Labute approximate surface area is 125 Å². The molecule has 0 unspecified atom stereocenters. The number of hydrogen-bond donors (Lipinski definition) is 1. The molecule has 0 saturated carbocycles. The van der Waals surface area contributed by atoms with Crippen LogP contribution in [0, 0.1) is 0 Å². The van der Waals surface area contributed by atoms with E-state index in [9.17, 15) is 0 Å². The molecule has 1 aromatic heterocycles.